The van der Waals surface area contributed by atoms with Crippen molar-refractivity contribution in [2.45, 2.75) is 122 Å². The first kappa shape index (κ1) is 32.0. The Hall–Kier alpha value is -2.94. The Morgan fingerprint density at radius 2 is 1.71 bits per heavy atom. The maximum atomic E-state index is 13.8. The second kappa shape index (κ2) is 15.0. The first-order valence-electron chi connectivity index (χ1n) is 16.0. The van der Waals surface area contributed by atoms with Crippen molar-refractivity contribution < 1.29 is 28.7 Å². The minimum absolute atomic E-state index is 0.00377. The summed E-state index contributed by atoms with van der Waals surface area (Å²) < 4.78 is 11.3. The van der Waals surface area contributed by atoms with Gasteiger partial charge < -0.3 is 25.0 Å². The molecular weight excluding hydrogens is 534 g/mol. The summed E-state index contributed by atoms with van der Waals surface area (Å²) in [4.78, 5) is 55.4. The highest BCUT2D eigenvalue weighted by atomic mass is 16.6. The van der Waals surface area contributed by atoms with Gasteiger partial charge in [0.15, 0.2) is 5.78 Å². The standard InChI is InChI=1S/C33H49N3O6/c1-23(2)13-18-26(30(38)33(3)22-42-33)34-31(39)27-21-24-14-16-25(17-15-24)41-20-9-7-5-4-6-8-12-29(37)36-19-10-11-28(36)32(40)35-27/h14-17,23,26-28H,4-13,18-22H2,1-3H3,(H,34,39)(H,35,40)/t26-,27-,28-,33+/m0/s1. The number of ether oxygens (including phenoxy) is 2. The maximum absolute atomic E-state index is 13.8. The molecule has 4 atom stereocenters. The minimum Gasteiger partial charge on any atom is -0.494 e. The number of Topliss-reactive ketones (excluding diaryl/α,β-unsaturated/α-hetero) is 1. The van der Waals surface area contributed by atoms with Crippen LogP contribution in [0.2, 0.25) is 0 Å². The molecule has 232 valence electrons. The lowest BCUT2D eigenvalue weighted by atomic mass is 9.93. The van der Waals surface area contributed by atoms with Gasteiger partial charge in [-0.05, 0) is 69.1 Å². The number of hydrogen-bond donors (Lipinski definition) is 2. The number of benzene rings is 1. The van der Waals surface area contributed by atoms with Crippen LogP contribution in [0.25, 0.3) is 0 Å². The molecule has 42 heavy (non-hydrogen) atoms. The zero-order chi connectivity index (χ0) is 30.1. The number of nitrogens with zero attached hydrogens (tertiary/aromatic N) is 1. The summed E-state index contributed by atoms with van der Waals surface area (Å²) in [5.41, 5.74) is -0.00610. The number of ketones is 1. The Balaban J connectivity index is 1.54. The Kier molecular flexibility index (Phi) is 11.4. The Morgan fingerprint density at radius 3 is 2.40 bits per heavy atom. The summed E-state index contributed by atoms with van der Waals surface area (Å²) in [6.45, 7) is 7.45. The third-order valence-corrected chi connectivity index (χ3v) is 8.69. The average molecular weight is 584 g/mol. The molecule has 2 N–H and O–H groups in total. The molecule has 9 nitrogen and oxygen atoms in total. The van der Waals surface area contributed by atoms with Crippen LogP contribution in [0.4, 0.5) is 0 Å². The number of carbonyl (C=O) groups excluding carboxylic acids is 4. The van der Waals surface area contributed by atoms with E-state index in [1.165, 1.54) is 0 Å². The molecule has 2 bridgehead atoms. The molecule has 0 saturated carbocycles. The van der Waals surface area contributed by atoms with Gasteiger partial charge in [0.05, 0.1) is 19.3 Å². The summed E-state index contributed by atoms with van der Waals surface area (Å²) >= 11 is 0. The van der Waals surface area contributed by atoms with Crippen LogP contribution in [0.5, 0.6) is 5.75 Å². The molecule has 0 radical (unpaired) electrons. The highest BCUT2D eigenvalue weighted by Gasteiger charge is 2.50. The van der Waals surface area contributed by atoms with Gasteiger partial charge >= 0.3 is 0 Å². The largest absolute Gasteiger partial charge is 0.494 e. The molecular formula is C33H49N3O6. The van der Waals surface area contributed by atoms with Gasteiger partial charge in [-0.15, -0.1) is 0 Å². The van der Waals surface area contributed by atoms with Gasteiger partial charge in [-0.3, -0.25) is 19.2 Å². The smallest absolute Gasteiger partial charge is 0.243 e. The van der Waals surface area contributed by atoms with Crippen LogP contribution in [0.15, 0.2) is 24.3 Å². The molecule has 2 saturated heterocycles. The molecule has 9 heteroatoms. The van der Waals surface area contributed by atoms with Crippen molar-refractivity contribution in [2.24, 2.45) is 5.92 Å². The Labute approximate surface area is 250 Å². The van der Waals surface area contributed by atoms with Gasteiger partial charge in [0.2, 0.25) is 17.7 Å². The predicted octanol–water partition coefficient (Wildman–Crippen LogP) is 4.11. The fourth-order valence-corrected chi connectivity index (χ4v) is 5.85. The van der Waals surface area contributed by atoms with Crippen LogP contribution < -0.4 is 15.4 Å². The van der Waals surface area contributed by atoms with Crippen LogP contribution in [0.3, 0.4) is 0 Å². The van der Waals surface area contributed by atoms with E-state index in [9.17, 15) is 19.2 Å². The molecule has 2 fully saturated rings. The molecule has 4 aliphatic heterocycles. The van der Waals surface area contributed by atoms with E-state index < -0.39 is 29.6 Å². The van der Waals surface area contributed by atoms with E-state index in [1.807, 2.05) is 24.3 Å². The van der Waals surface area contributed by atoms with Gasteiger partial charge in [0, 0.05) is 19.4 Å². The summed E-state index contributed by atoms with van der Waals surface area (Å²) in [7, 11) is 0. The number of fused-ring (bicyclic) bond motifs is 14. The van der Waals surface area contributed by atoms with E-state index in [0.29, 0.717) is 44.9 Å². The van der Waals surface area contributed by atoms with E-state index in [-0.39, 0.29) is 24.0 Å². The zero-order valence-electron chi connectivity index (χ0n) is 25.6. The van der Waals surface area contributed by atoms with Gasteiger partial charge in [0.25, 0.3) is 0 Å². The monoisotopic (exact) mass is 583 g/mol. The van der Waals surface area contributed by atoms with Crippen LogP contribution in [0, 0.1) is 5.92 Å². The summed E-state index contributed by atoms with van der Waals surface area (Å²) in [5.74, 6) is 0.274. The number of amides is 3. The highest BCUT2D eigenvalue weighted by molar-refractivity contribution is 5.98. The Bertz CT molecular complexity index is 1080. The SMILES string of the molecule is CC(C)CC[C@H](NC(=O)[C@@H]1Cc2ccc(cc2)OCCCCCCCCC(=O)N2CCC[C@H]2C(=O)N1)C(=O)[C@@]1(C)CO1. The Morgan fingerprint density at radius 1 is 1.02 bits per heavy atom. The molecule has 1 aromatic carbocycles. The lowest BCUT2D eigenvalue weighted by Gasteiger charge is -2.28. The van der Waals surface area contributed by atoms with Crippen molar-refractivity contribution in [3.05, 3.63) is 29.8 Å². The first-order chi connectivity index (χ1) is 20.2. The summed E-state index contributed by atoms with van der Waals surface area (Å²) in [6.07, 6.45) is 9.33. The van der Waals surface area contributed by atoms with E-state index in [0.717, 1.165) is 62.7 Å². The predicted molar refractivity (Wildman–Crippen MR) is 160 cm³/mol. The lowest BCUT2D eigenvalue weighted by molar-refractivity contribution is -0.140. The topological polar surface area (TPSA) is 117 Å². The minimum atomic E-state index is -0.908. The van der Waals surface area contributed by atoms with Crippen molar-refractivity contribution in [3.63, 3.8) is 0 Å². The van der Waals surface area contributed by atoms with E-state index in [1.54, 1.807) is 11.8 Å². The van der Waals surface area contributed by atoms with Gasteiger partial charge in [-0.25, -0.2) is 0 Å². The van der Waals surface area contributed by atoms with Gasteiger partial charge in [-0.1, -0.05) is 51.7 Å². The van der Waals surface area contributed by atoms with Crippen LogP contribution in [0.1, 0.15) is 97.0 Å². The van der Waals surface area contributed by atoms with Crippen molar-refractivity contribution in [1.29, 1.82) is 0 Å². The second-order valence-electron chi connectivity index (χ2n) is 12.8. The average Bonchev–Trinajstić information content (AvgIpc) is 3.52. The van der Waals surface area contributed by atoms with Crippen molar-refractivity contribution in [1.82, 2.24) is 15.5 Å². The van der Waals surface area contributed by atoms with Gasteiger partial charge in [0.1, 0.15) is 23.4 Å². The second-order valence-corrected chi connectivity index (χ2v) is 12.8. The lowest BCUT2D eigenvalue weighted by Crippen LogP contribution is -2.57. The normalized spacial score (nSPS) is 26.6. The number of epoxide rings is 1. The number of carbonyl (C=O) groups is 4. The fraction of sp³-hybridized carbons (Fsp3) is 0.697. The van der Waals surface area contributed by atoms with Crippen molar-refractivity contribution in [3.8, 4) is 5.75 Å². The number of rotatable bonds is 7. The summed E-state index contributed by atoms with van der Waals surface area (Å²) in [5, 5.41) is 5.92. The zero-order valence-corrected chi connectivity index (χ0v) is 25.6. The van der Waals surface area contributed by atoms with Crippen LogP contribution in [-0.4, -0.2) is 71.9 Å². The van der Waals surface area contributed by atoms with Crippen molar-refractivity contribution >= 4 is 23.5 Å². The van der Waals surface area contributed by atoms with Crippen LogP contribution in [-0.2, 0) is 30.3 Å². The highest BCUT2D eigenvalue weighted by Crippen LogP contribution is 2.30. The molecule has 0 unspecified atom stereocenters. The van der Waals surface area contributed by atoms with Gasteiger partial charge in [-0.2, -0.15) is 0 Å². The molecule has 5 rings (SSSR count). The molecule has 0 spiro atoms. The first-order valence-corrected chi connectivity index (χ1v) is 16.0. The third kappa shape index (κ3) is 9.03. The number of nitrogens with one attached hydrogen (secondary N) is 2. The molecule has 1 aromatic rings. The molecule has 0 aliphatic carbocycles. The number of hydrogen-bond acceptors (Lipinski definition) is 6. The fourth-order valence-electron chi connectivity index (χ4n) is 5.85. The summed E-state index contributed by atoms with van der Waals surface area (Å²) in [6, 6.07) is 5.40. The molecule has 3 amide bonds. The molecule has 0 aromatic heterocycles. The molecule has 4 heterocycles. The van der Waals surface area contributed by atoms with E-state index in [2.05, 4.69) is 24.5 Å². The maximum Gasteiger partial charge on any atom is 0.243 e. The molecule has 4 aliphatic rings. The van der Waals surface area contributed by atoms with Crippen LogP contribution >= 0.6 is 0 Å². The van der Waals surface area contributed by atoms with E-state index >= 15 is 0 Å². The van der Waals surface area contributed by atoms with Crippen molar-refractivity contribution in [2.75, 3.05) is 19.8 Å². The quantitative estimate of drug-likeness (QED) is 0.467. The van der Waals surface area contributed by atoms with E-state index in [4.69, 9.17) is 9.47 Å². The third-order valence-electron chi connectivity index (χ3n) is 8.69.